The summed E-state index contributed by atoms with van der Waals surface area (Å²) in [7, 11) is 0. The maximum atomic E-state index is 12.3. The van der Waals surface area contributed by atoms with Crippen LogP contribution in [0.15, 0.2) is 47.5 Å². The lowest BCUT2D eigenvalue weighted by molar-refractivity contribution is 0.0953. The first-order valence-corrected chi connectivity index (χ1v) is 8.04. The number of nitrogens with one attached hydrogen (secondary N) is 1. The van der Waals surface area contributed by atoms with Crippen molar-refractivity contribution >= 4 is 23.2 Å². The van der Waals surface area contributed by atoms with Gasteiger partial charge in [0.05, 0.1) is 10.7 Å². The van der Waals surface area contributed by atoms with Crippen LogP contribution in [0.25, 0.3) is 0 Å². The SMILES string of the molecule is O=C1NCCCN=C(C(O)c2cccc(Cl)c2O)c2ccccc21. The fraction of sp³-hybridized carbons (Fsp3) is 0.222. The monoisotopic (exact) mass is 344 g/mol. The van der Waals surface area contributed by atoms with Crippen LogP contribution in [0.5, 0.6) is 5.75 Å². The van der Waals surface area contributed by atoms with Crippen LogP contribution in [0.1, 0.15) is 34.0 Å². The molecule has 24 heavy (non-hydrogen) atoms. The van der Waals surface area contributed by atoms with Gasteiger partial charge in [0.2, 0.25) is 0 Å². The van der Waals surface area contributed by atoms with Gasteiger partial charge in [0.15, 0.2) is 0 Å². The molecule has 1 aliphatic rings. The van der Waals surface area contributed by atoms with Crippen LogP contribution in [0.3, 0.4) is 0 Å². The molecule has 0 spiro atoms. The Hall–Kier alpha value is -2.37. The van der Waals surface area contributed by atoms with Crippen LogP contribution in [0, 0.1) is 0 Å². The number of phenolic OH excluding ortho intramolecular Hbond substituents is 1. The van der Waals surface area contributed by atoms with Gasteiger partial charge in [-0.05, 0) is 18.6 Å². The Balaban J connectivity index is 2.12. The second kappa shape index (κ2) is 7.03. The van der Waals surface area contributed by atoms with Gasteiger partial charge in [-0.1, -0.05) is 41.9 Å². The lowest BCUT2D eigenvalue weighted by Gasteiger charge is -2.18. The first-order valence-electron chi connectivity index (χ1n) is 7.67. The van der Waals surface area contributed by atoms with Crippen molar-refractivity contribution in [2.45, 2.75) is 12.5 Å². The van der Waals surface area contributed by atoms with Gasteiger partial charge in [-0.15, -0.1) is 0 Å². The number of carbonyl (C=O) groups excluding carboxylic acids is 1. The van der Waals surface area contributed by atoms with E-state index in [0.717, 1.165) is 0 Å². The lowest BCUT2D eigenvalue weighted by Crippen LogP contribution is -2.26. The zero-order valence-corrected chi connectivity index (χ0v) is 13.6. The minimum absolute atomic E-state index is 0.154. The van der Waals surface area contributed by atoms with E-state index in [2.05, 4.69) is 10.3 Å². The van der Waals surface area contributed by atoms with Crippen molar-refractivity contribution in [1.29, 1.82) is 0 Å². The van der Waals surface area contributed by atoms with Crippen LogP contribution in [0.4, 0.5) is 0 Å². The van der Waals surface area contributed by atoms with Crippen molar-refractivity contribution < 1.29 is 15.0 Å². The van der Waals surface area contributed by atoms with E-state index in [1.165, 1.54) is 0 Å². The van der Waals surface area contributed by atoms with E-state index in [0.29, 0.717) is 36.3 Å². The molecule has 0 bridgehead atoms. The maximum Gasteiger partial charge on any atom is 0.251 e. The number of nitrogens with zero attached hydrogens (tertiary/aromatic N) is 1. The maximum absolute atomic E-state index is 12.3. The molecule has 6 heteroatoms. The van der Waals surface area contributed by atoms with E-state index in [-0.39, 0.29) is 22.2 Å². The highest BCUT2D eigenvalue weighted by molar-refractivity contribution is 6.32. The molecule has 2 aromatic carbocycles. The van der Waals surface area contributed by atoms with E-state index >= 15 is 0 Å². The number of aliphatic hydroxyl groups is 1. The van der Waals surface area contributed by atoms with Gasteiger partial charge in [0.1, 0.15) is 11.9 Å². The summed E-state index contributed by atoms with van der Waals surface area (Å²) in [5, 5.41) is 24.0. The average molecular weight is 345 g/mol. The Labute approximate surface area is 144 Å². The number of amides is 1. The summed E-state index contributed by atoms with van der Waals surface area (Å²) in [5.41, 5.74) is 1.60. The number of halogens is 1. The van der Waals surface area contributed by atoms with Crippen LogP contribution in [-0.2, 0) is 0 Å². The van der Waals surface area contributed by atoms with Gasteiger partial charge in [-0.3, -0.25) is 9.79 Å². The third-order valence-electron chi connectivity index (χ3n) is 3.92. The van der Waals surface area contributed by atoms with Gasteiger partial charge in [0, 0.05) is 29.8 Å². The zero-order valence-electron chi connectivity index (χ0n) is 12.9. The molecule has 1 atom stereocenters. The molecule has 3 rings (SSSR count). The normalized spacial score (nSPS) is 16.1. The minimum Gasteiger partial charge on any atom is -0.506 e. The Morgan fingerprint density at radius 2 is 1.88 bits per heavy atom. The summed E-state index contributed by atoms with van der Waals surface area (Å²) >= 11 is 5.94. The number of hydrogen-bond donors (Lipinski definition) is 3. The molecule has 3 N–H and O–H groups in total. The van der Waals surface area contributed by atoms with E-state index in [4.69, 9.17) is 11.6 Å². The summed E-state index contributed by atoms with van der Waals surface area (Å²) in [6.07, 6.45) is -0.520. The molecule has 0 aromatic heterocycles. The number of fused-ring (bicyclic) bond motifs is 1. The molecule has 1 heterocycles. The molecular weight excluding hydrogens is 328 g/mol. The van der Waals surface area contributed by atoms with Crippen molar-refractivity contribution in [3.05, 3.63) is 64.2 Å². The Bertz CT molecular complexity index is 805. The molecule has 0 radical (unpaired) electrons. The van der Waals surface area contributed by atoms with E-state index in [1.807, 2.05) is 0 Å². The third kappa shape index (κ3) is 3.13. The largest absolute Gasteiger partial charge is 0.506 e. The summed E-state index contributed by atoms with van der Waals surface area (Å²) in [4.78, 5) is 16.8. The predicted molar refractivity (Wildman–Crippen MR) is 92.9 cm³/mol. The number of carbonyl (C=O) groups is 1. The molecular formula is C18H17ClN2O3. The fourth-order valence-corrected chi connectivity index (χ4v) is 2.88. The van der Waals surface area contributed by atoms with E-state index in [9.17, 15) is 15.0 Å². The van der Waals surface area contributed by atoms with Gasteiger partial charge in [-0.2, -0.15) is 0 Å². The summed E-state index contributed by atoms with van der Waals surface area (Å²) < 4.78 is 0. The Kier molecular flexibility index (Phi) is 4.83. The molecule has 2 aromatic rings. The number of aliphatic hydroxyl groups excluding tert-OH is 1. The minimum atomic E-state index is -1.18. The van der Waals surface area contributed by atoms with Gasteiger partial charge < -0.3 is 15.5 Å². The van der Waals surface area contributed by atoms with Crippen molar-refractivity contribution in [2.75, 3.05) is 13.1 Å². The highest BCUT2D eigenvalue weighted by Crippen LogP contribution is 2.33. The molecule has 0 saturated carbocycles. The summed E-state index contributed by atoms with van der Waals surface area (Å²) in [6, 6.07) is 11.7. The predicted octanol–water partition coefficient (Wildman–Crippen LogP) is 2.70. The van der Waals surface area contributed by atoms with Gasteiger partial charge in [-0.25, -0.2) is 0 Å². The molecule has 5 nitrogen and oxygen atoms in total. The van der Waals surface area contributed by atoms with Crippen molar-refractivity contribution in [1.82, 2.24) is 5.32 Å². The smallest absolute Gasteiger partial charge is 0.251 e. The topological polar surface area (TPSA) is 81.9 Å². The molecule has 0 saturated heterocycles. The number of aliphatic imine (C=N–C) groups is 1. The number of para-hydroxylation sites is 1. The fourth-order valence-electron chi connectivity index (χ4n) is 2.70. The lowest BCUT2D eigenvalue weighted by atomic mass is 9.94. The van der Waals surface area contributed by atoms with Gasteiger partial charge >= 0.3 is 0 Å². The van der Waals surface area contributed by atoms with Crippen LogP contribution in [-0.4, -0.2) is 34.9 Å². The quantitative estimate of drug-likeness (QED) is 0.783. The average Bonchev–Trinajstić information content (AvgIpc) is 2.67. The summed E-state index contributed by atoms with van der Waals surface area (Å²) in [6.45, 7) is 0.977. The molecule has 0 aliphatic carbocycles. The highest BCUT2D eigenvalue weighted by atomic mass is 35.5. The number of rotatable bonds is 2. The molecule has 0 fully saturated rings. The zero-order chi connectivity index (χ0) is 17.1. The number of aromatic hydroxyl groups is 1. The molecule has 124 valence electrons. The Morgan fingerprint density at radius 3 is 2.67 bits per heavy atom. The molecule has 1 unspecified atom stereocenters. The molecule has 1 aliphatic heterocycles. The summed E-state index contributed by atoms with van der Waals surface area (Å²) in [5.74, 6) is -0.390. The standard InChI is InChI=1S/C18H17ClN2O3/c19-14-8-3-7-13(16(14)22)17(23)15-11-5-1-2-6-12(11)18(24)21-10-4-9-20-15/h1-3,5-8,17,22-23H,4,9-10H2,(H,21,24). The van der Waals surface area contributed by atoms with Crippen LogP contribution in [0.2, 0.25) is 5.02 Å². The first kappa shape index (κ1) is 16.5. The first-order chi connectivity index (χ1) is 11.6. The van der Waals surface area contributed by atoms with Gasteiger partial charge in [0.25, 0.3) is 5.91 Å². The number of benzene rings is 2. The number of phenols is 1. The number of hydrogen-bond acceptors (Lipinski definition) is 4. The van der Waals surface area contributed by atoms with Crippen molar-refractivity contribution in [3.63, 3.8) is 0 Å². The van der Waals surface area contributed by atoms with E-state index < -0.39 is 6.10 Å². The molecule has 1 amide bonds. The second-order valence-electron chi connectivity index (χ2n) is 5.50. The Morgan fingerprint density at radius 1 is 1.12 bits per heavy atom. The van der Waals surface area contributed by atoms with Crippen LogP contribution < -0.4 is 5.32 Å². The van der Waals surface area contributed by atoms with Crippen molar-refractivity contribution in [3.8, 4) is 5.75 Å². The van der Waals surface area contributed by atoms with E-state index in [1.54, 1.807) is 42.5 Å². The van der Waals surface area contributed by atoms with Crippen LogP contribution >= 0.6 is 11.6 Å². The second-order valence-corrected chi connectivity index (χ2v) is 5.91. The third-order valence-corrected chi connectivity index (χ3v) is 4.23. The highest BCUT2D eigenvalue weighted by Gasteiger charge is 2.25. The van der Waals surface area contributed by atoms with Crippen molar-refractivity contribution in [2.24, 2.45) is 4.99 Å².